The number of ether oxygens (including phenoxy) is 1. The molecule has 0 N–H and O–H groups in total. The summed E-state index contributed by atoms with van der Waals surface area (Å²) in [6.45, 7) is 1.70. The van der Waals surface area contributed by atoms with E-state index in [2.05, 4.69) is 15.0 Å². The van der Waals surface area contributed by atoms with Gasteiger partial charge in [-0.2, -0.15) is 0 Å². The van der Waals surface area contributed by atoms with Gasteiger partial charge >= 0.3 is 0 Å². The number of aryl methyl sites for hydroxylation is 1. The maximum absolute atomic E-state index is 13.8. The summed E-state index contributed by atoms with van der Waals surface area (Å²) in [6.07, 6.45) is 5.34. The van der Waals surface area contributed by atoms with Crippen LogP contribution < -0.4 is 4.74 Å². The Bertz CT molecular complexity index is 917. The molecule has 5 nitrogen and oxygen atoms in total. The third kappa shape index (κ3) is 4.20. The van der Waals surface area contributed by atoms with E-state index in [1.807, 2.05) is 0 Å². The molecule has 0 aliphatic heterocycles. The molecule has 0 saturated carbocycles. The standard InChI is InChI=1S/C18H13F2N3O2/c1-11-2-16(20)17(23-7-11)6-18(24)12-3-13(19)5-14(4-12)25-15-8-21-10-22-9-15/h2-5,7-10H,6H2,1H3. The van der Waals surface area contributed by atoms with Crippen LogP contribution in [0.25, 0.3) is 0 Å². The second-order valence-electron chi connectivity index (χ2n) is 5.39. The summed E-state index contributed by atoms with van der Waals surface area (Å²) in [5.41, 5.74) is 0.729. The summed E-state index contributed by atoms with van der Waals surface area (Å²) in [5, 5.41) is 0. The van der Waals surface area contributed by atoms with E-state index in [1.165, 1.54) is 37.1 Å². The van der Waals surface area contributed by atoms with Crippen molar-refractivity contribution in [1.29, 1.82) is 0 Å². The van der Waals surface area contributed by atoms with Crippen LogP contribution in [-0.2, 0) is 6.42 Å². The van der Waals surface area contributed by atoms with Gasteiger partial charge in [0.1, 0.15) is 23.7 Å². The zero-order valence-corrected chi connectivity index (χ0v) is 13.2. The Balaban J connectivity index is 1.82. The van der Waals surface area contributed by atoms with Gasteiger partial charge in [0, 0.05) is 17.8 Å². The van der Waals surface area contributed by atoms with E-state index in [4.69, 9.17) is 4.74 Å². The van der Waals surface area contributed by atoms with Crippen LogP contribution in [0, 0.1) is 18.6 Å². The van der Waals surface area contributed by atoms with Gasteiger partial charge in [0.2, 0.25) is 0 Å². The minimum absolute atomic E-state index is 0.0128. The van der Waals surface area contributed by atoms with Crippen molar-refractivity contribution in [3.63, 3.8) is 0 Å². The quantitative estimate of drug-likeness (QED) is 0.663. The van der Waals surface area contributed by atoms with Gasteiger partial charge in [-0.1, -0.05) is 0 Å². The third-order valence-corrected chi connectivity index (χ3v) is 3.35. The molecule has 126 valence electrons. The fourth-order valence-corrected chi connectivity index (χ4v) is 2.20. The predicted molar refractivity (Wildman–Crippen MR) is 85.5 cm³/mol. The first-order valence-electron chi connectivity index (χ1n) is 7.39. The van der Waals surface area contributed by atoms with Crippen molar-refractivity contribution in [3.05, 3.63) is 77.6 Å². The van der Waals surface area contributed by atoms with Crippen molar-refractivity contribution in [2.24, 2.45) is 0 Å². The molecule has 25 heavy (non-hydrogen) atoms. The molecule has 0 unspecified atom stereocenters. The molecule has 0 aliphatic rings. The number of aromatic nitrogens is 3. The summed E-state index contributed by atoms with van der Waals surface area (Å²) in [4.78, 5) is 23.8. The Morgan fingerprint density at radius 3 is 2.52 bits per heavy atom. The lowest BCUT2D eigenvalue weighted by molar-refractivity contribution is 0.0990. The maximum Gasteiger partial charge on any atom is 0.169 e. The number of halogens is 2. The first kappa shape index (κ1) is 16.6. The molecular formula is C18H13F2N3O2. The van der Waals surface area contributed by atoms with Crippen molar-refractivity contribution < 1.29 is 18.3 Å². The van der Waals surface area contributed by atoms with Crippen LogP contribution in [0.2, 0.25) is 0 Å². The monoisotopic (exact) mass is 341 g/mol. The fourth-order valence-electron chi connectivity index (χ4n) is 2.20. The highest BCUT2D eigenvalue weighted by atomic mass is 19.1. The minimum atomic E-state index is -0.643. The van der Waals surface area contributed by atoms with Gasteiger partial charge in [0.05, 0.1) is 24.5 Å². The van der Waals surface area contributed by atoms with Gasteiger partial charge in [-0.15, -0.1) is 0 Å². The lowest BCUT2D eigenvalue weighted by Crippen LogP contribution is -2.08. The molecular weight excluding hydrogens is 328 g/mol. The van der Waals surface area contributed by atoms with Crippen LogP contribution in [0.5, 0.6) is 11.5 Å². The molecule has 2 aromatic heterocycles. The molecule has 0 saturated heterocycles. The van der Waals surface area contributed by atoms with Gasteiger partial charge < -0.3 is 4.74 Å². The Kier molecular flexibility index (Phi) is 4.74. The van der Waals surface area contributed by atoms with E-state index in [0.29, 0.717) is 11.3 Å². The Morgan fingerprint density at radius 1 is 1.04 bits per heavy atom. The SMILES string of the molecule is Cc1cnc(CC(=O)c2cc(F)cc(Oc3cncnc3)c2)c(F)c1. The maximum atomic E-state index is 13.8. The molecule has 0 aliphatic carbocycles. The second-order valence-corrected chi connectivity index (χ2v) is 5.39. The molecule has 0 spiro atoms. The normalized spacial score (nSPS) is 10.5. The number of benzene rings is 1. The lowest BCUT2D eigenvalue weighted by Gasteiger charge is -2.08. The molecule has 0 amide bonds. The number of Topliss-reactive ketones (excluding diaryl/α,β-unsaturated/α-hetero) is 1. The van der Waals surface area contributed by atoms with Gasteiger partial charge in [-0.05, 0) is 30.7 Å². The first-order chi connectivity index (χ1) is 12.0. The zero-order chi connectivity index (χ0) is 17.8. The topological polar surface area (TPSA) is 65.0 Å². The van der Waals surface area contributed by atoms with E-state index in [1.54, 1.807) is 6.92 Å². The van der Waals surface area contributed by atoms with Crippen LogP contribution in [0.4, 0.5) is 8.78 Å². The number of nitrogens with zero attached hydrogens (tertiary/aromatic N) is 3. The van der Waals surface area contributed by atoms with Crippen molar-refractivity contribution >= 4 is 5.78 Å². The molecule has 0 radical (unpaired) electrons. The van der Waals surface area contributed by atoms with Gasteiger partial charge in [-0.25, -0.2) is 18.7 Å². The van der Waals surface area contributed by atoms with Crippen molar-refractivity contribution in [3.8, 4) is 11.5 Å². The molecule has 3 aromatic rings. The summed E-state index contributed by atoms with van der Waals surface area (Å²) in [5.74, 6) is -1.25. The van der Waals surface area contributed by atoms with E-state index >= 15 is 0 Å². The van der Waals surface area contributed by atoms with E-state index in [-0.39, 0.29) is 23.4 Å². The molecule has 2 heterocycles. The molecule has 7 heteroatoms. The third-order valence-electron chi connectivity index (χ3n) is 3.35. The molecule has 3 rings (SSSR count). The molecule has 0 fully saturated rings. The number of carbonyl (C=O) groups excluding carboxylic acids is 1. The van der Waals surface area contributed by atoms with Crippen LogP contribution in [0.15, 0.2) is 49.2 Å². The van der Waals surface area contributed by atoms with Crippen molar-refractivity contribution in [2.45, 2.75) is 13.3 Å². The highest BCUT2D eigenvalue weighted by molar-refractivity contribution is 5.97. The Labute approximate surface area is 142 Å². The number of ketones is 1. The highest BCUT2D eigenvalue weighted by Gasteiger charge is 2.14. The minimum Gasteiger partial charge on any atom is -0.454 e. The number of hydrogen-bond donors (Lipinski definition) is 0. The lowest BCUT2D eigenvalue weighted by atomic mass is 10.1. The number of rotatable bonds is 5. The Hall–Kier alpha value is -3.22. The largest absolute Gasteiger partial charge is 0.454 e. The van der Waals surface area contributed by atoms with Crippen LogP contribution in [0.3, 0.4) is 0 Å². The van der Waals surface area contributed by atoms with Gasteiger partial charge in [0.15, 0.2) is 11.5 Å². The van der Waals surface area contributed by atoms with Crippen LogP contribution in [0.1, 0.15) is 21.6 Å². The summed E-state index contributed by atoms with van der Waals surface area (Å²) >= 11 is 0. The summed E-state index contributed by atoms with van der Waals surface area (Å²) in [6, 6.07) is 4.88. The van der Waals surface area contributed by atoms with Crippen molar-refractivity contribution in [2.75, 3.05) is 0 Å². The summed E-state index contributed by atoms with van der Waals surface area (Å²) < 4.78 is 33.1. The predicted octanol–water partition coefficient (Wildman–Crippen LogP) is 3.68. The van der Waals surface area contributed by atoms with Crippen LogP contribution >= 0.6 is 0 Å². The van der Waals surface area contributed by atoms with E-state index in [0.717, 1.165) is 12.1 Å². The first-order valence-corrected chi connectivity index (χ1v) is 7.39. The van der Waals surface area contributed by atoms with E-state index < -0.39 is 17.4 Å². The van der Waals surface area contributed by atoms with E-state index in [9.17, 15) is 13.6 Å². The smallest absolute Gasteiger partial charge is 0.169 e. The van der Waals surface area contributed by atoms with Crippen molar-refractivity contribution in [1.82, 2.24) is 15.0 Å². The average molecular weight is 341 g/mol. The highest BCUT2D eigenvalue weighted by Crippen LogP contribution is 2.23. The molecule has 0 atom stereocenters. The Morgan fingerprint density at radius 2 is 1.80 bits per heavy atom. The zero-order valence-electron chi connectivity index (χ0n) is 13.2. The number of hydrogen-bond acceptors (Lipinski definition) is 5. The molecule has 0 bridgehead atoms. The molecule has 1 aromatic carbocycles. The second kappa shape index (κ2) is 7.12. The fraction of sp³-hybridized carbons (Fsp3) is 0.111. The number of carbonyl (C=O) groups is 1. The summed E-state index contributed by atoms with van der Waals surface area (Å²) in [7, 11) is 0. The van der Waals surface area contributed by atoms with Gasteiger partial charge in [-0.3, -0.25) is 9.78 Å². The number of pyridine rings is 1. The average Bonchev–Trinajstić information content (AvgIpc) is 2.57. The van der Waals surface area contributed by atoms with Gasteiger partial charge in [0.25, 0.3) is 0 Å². The van der Waals surface area contributed by atoms with Crippen LogP contribution in [-0.4, -0.2) is 20.7 Å².